The maximum atomic E-state index is 12.4. The van der Waals surface area contributed by atoms with Crippen molar-refractivity contribution in [3.05, 3.63) is 29.6 Å². The summed E-state index contributed by atoms with van der Waals surface area (Å²) in [6.45, 7) is 4.44. The van der Waals surface area contributed by atoms with Gasteiger partial charge in [-0.05, 0) is 32.0 Å². The topological polar surface area (TPSA) is 47.4 Å². The highest BCUT2D eigenvalue weighted by Gasteiger charge is 2.18. The first-order chi connectivity index (χ1) is 9.45. The van der Waals surface area contributed by atoms with Crippen LogP contribution in [0.4, 0.5) is 0 Å². The number of methoxy groups -OCH3 is 1. The Morgan fingerprint density at radius 2 is 2.20 bits per heavy atom. The van der Waals surface area contributed by atoms with Crippen molar-refractivity contribution in [1.82, 2.24) is 14.5 Å². The van der Waals surface area contributed by atoms with Gasteiger partial charge in [0.1, 0.15) is 5.82 Å². The van der Waals surface area contributed by atoms with Crippen LogP contribution in [0.2, 0.25) is 0 Å². The lowest BCUT2D eigenvalue weighted by Gasteiger charge is -2.24. The third-order valence-corrected chi connectivity index (χ3v) is 3.74. The van der Waals surface area contributed by atoms with E-state index in [1.165, 1.54) is 0 Å². The van der Waals surface area contributed by atoms with Gasteiger partial charge in [-0.2, -0.15) is 0 Å². The zero-order chi connectivity index (χ0) is 14.9. The SMILES string of the molecule is COC[C@H](C)N(C)C(=O)c1ccc2c(c1)nc(C)n2C. The van der Waals surface area contributed by atoms with Gasteiger partial charge in [-0.3, -0.25) is 4.79 Å². The first-order valence-electron chi connectivity index (χ1n) is 6.65. The molecule has 2 aromatic rings. The minimum absolute atomic E-state index is 0.0141. The number of imidazole rings is 1. The van der Waals surface area contributed by atoms with Gasteiger partial charge in [0.2, 0.25) is 0 Å². The Kier molecular flexibility index (Phi) is 4.09. The number of aryl methyl sites for hydroxylation is 2. The molecule has 0 saturated carbocycles. The van der Waals surface area contributed by atoms with E-state index in [1.54, 1.807) is 19.1 Å². The number of aromatic nitrogens is 2. The molecule has 0 aliphatic carbocycles. The smallest absolute Gasteiger partial charge is 0.253 e. The van der Waals surface area contributed by atoms with Gasteiger partial charge in [0, 0.05) is 26.8 Å². The van der Waals surface area contributed by atoms with E-state index < -0.39 is 0 Å². The van der Waals surface area contributed by atoms with E-state index in [-0.39, 0.29) is 11.9 Å². The highest BCUT2D eigenvalue weighted by atomic mass is 16.5. The first-order valence-corrected chi connectivity index (χ1v) is 6.65. The number of benzene rings is 1. The van der Waals surface area contributed by atoms with Crippen LogP contribution < -0.4 is 0 Å². The van der Waals surface area contributed by atoms with E-state index in [0.717, 1.165) is 16.9 Å². The summed E-state index contributed by atoms with van der Waals surface area (Å²) in [5, 5.41) is 0. The number of fused-ring (bicyclic) bond motifs is 1. The molecule has 1 aromatic carbocycles. The molecule has 1 aromatic heterocycles. The molecule has 0 aliphatic rings. The van der Waals surface area contributed by atoms with E-state index in [4.69, 9.17) is 4.74 Å². The quantitative estimate of drug-likeness (QED) is 0.857. The molecule has 0 aliphatic heterocycles. The highest BCUT2D eigenvalue weighted by molar-refractivity contribution is 5.97. The summed E-state index contributed by atoms with van der Waals surface area (Å²) in [6.07, 6.45) is 0. The fourth-order valence-electron chi connectivity index (χ4n) is 2.21. The van der Waals surface area contributed by atoms with Crippen LogP contribution in [-0.4, -0.2) is 47.2 Å². The van der Waals surface area contributed by atoms with Gasteiger partial charge in [0.05, 0.1) is 23.7 Å². The van der Waals surface area contributed by atoms with E-state index in [1.807, 2.05) is 43.7 Å². The standard InChI is InChI=1S/C15H21N3O2/c1-10(9-20-5)17(3)15(19)12-6-7-14-13(8-12)16-11(2)18(14)4/h6-8,10H,9H2,1-5H3/t10-/m0/s1. The summed E-state index contributed by atoms with van der Waals surface area (Å²) < 4.78 is 7.11. The summed E-state index contributed by atoms with van der Waals surface area (Å²) in [7, 11) is 5.40. The van der Waals surface area contributed by atoms with Crippen molar-refractivity contribution in [3.8, 4) is 0 Å². The Morgan fingerprint density at radius 3 is 2.85 bits per heavy atom. The third kappa shape index (κ3) is 2.54. The molecule has 0 spiro atoms. The second-order valence-electron chi connectivity index (χ2n) is 5.14. The van der Waals surface area contributed by atoms with Crippen molar-refractivity contribution < 1.29 is 9.53 Å². The molecule has 5 nitrogen and oxygen atoms in total. The fourth-order valence-corrected chi connectivity index (χ4v) is 2.21. The van der Waals surface area contributed by atoms with Crippen LogP contribution in [0.1, 0.15) is 23.1 Å². The molecule has 0 saturated heterocycles. The van der Waals surface area contributed by atoms with Gasteiger partial charge >= 0.3 is 0 Å². The number of nitrogens with zero attached hydrogens (tertiary/aromatic N) is 3. The Hall–Kier alpha value is -1.88. The molecule has 0 N–H and O–H groups in total. The zero-order valence-electron chi connectivity index (χ0n) is 12.7. The average molecular weight is 275 g/mol. The van der Waals surface area contributed by atoms with Crippen molar-refractivity contribution in [1.29, 1.82) is 0 Å². The van der Waals surface area contributed by atoms with Gasteiger partial charge in [-0.25, -0.2) is 4.98 Å². The van der Waals surface area contributed by atoms with Crippen LogP contribution in [0.15, 0.2) is 18.2 Å². The van der Waals surface area contributed by atoms with Crippen molar-refractivity contribution in [2.24, 2.45) is 7.05 Å². The number of amides is 1. The Bertz CT molecular complexity index is 633. The summed E-state index contributed by atoms with van der Waals surface area (Å²) in [5.41, 5.74) is 2.54. The van der Waals surface area contributed by atoms with E-state index in [0.29, 0.717) is 12.2 Å². The number of carbonyl (C=O) groups excluding carboxylic acids is 1. The van der Waals surface area contributed by atoms with E-state index in [9.17, 15) is 4.79 Å². The maximum absolute atomic E-state index is 12.4. The highest BCUT2D eigenvalue weighted by Crippen LogP contribution is 2.17. The van der Waals surface area contributed by atoms with Gasteiger partial charge in [-0.1, -0.05) is 0 Å². The number of likely N-dealkylation sites (N-methyl/N-ethyl adjacent to an activating group) is 1. The number of ether oxygens (including phenoxy) is 1. The molecular weight excluding hydrogens is 254 g/mol. The van der Waals surface area contributed by atoms with Crippen molar-refractivity contribution in [2.75, 3.05) is 20.8 Å². The maximum Gasteiger partial charge on any atom is 0.253 e. The van der Waals surface area contributed by atoms with Crippen LogP contribution in [-0.2, 0) is 11.8 Å². The number of hydrogen-bond acceptors (Lipinski definition) is 3. The summed E-state index contributed by atoms with van der Waals surface area (Å²) >= 11 is 0. The van der Waals surface area contributed by atoms with Crippen LogP contribution >= 0.6 is 0 Å². The minimum atomic E-state index is -0.0141. The molecule has 0 fully saturated rings. The van der Waals surface area contributed by atoms with Gasteiger partial charge in [0.15, 0.2) is 0 Å². The molecular formula is C15H21N3O2. The number of carbonyl (C=O) groups is 1. The van der Waals surface area contributed by atoms with Crippen LogP contribution in [0.3, 0.4) is 0 Å². The molecule has 108 valence electrons. The van der Waals surface area contributed by atoms with E-state index >= 15 is 0 Å². The van der Waals surface area contributed by atoms with Gasteiger partial charge in [-0.15, -0.1) is 0 Å². The second kappa shape index (κ2) is 5.63. The summed E-state index contributed by atoms with van der Waals surface area (Å²) in [4.78, 5) is 18.6. The van der Waals surface area contributed by atoms with Crippen LogP contribution in [0, 0.1) is 6.92 Å². The molecule has 1 atom stereocenters. The second-order valence-corrected chi connectivity index (χ2v) is 5.14. The molecule has 0 bridgehead atoms. The van der Waals surface area contributed by atoms with Crippen LogP contribution in [0.5, 0.6) is 0 Å². The third-order valence-electron chi connectivity index (χ3n) is 3.74. The predicted octanol–water partition coefficient (Wildman–Crippen LogP) is 1.99. The normalized spacial score (nSPS) is 12.7. The lowest BCUT2D eigenvalue weighted by Crippen LogP contribution is -2.37. The Morgan fingerprint density at radius 1 is 1.50 bits per heavy atom. The van der Waals surface area contributed by atoms with E-state index in [2.05, 4.69) is 4.98 Å². The molecule has 5 heteroatoms. The molecule has 1 amide bonds. The Labute approximate surface area is 119 Å². The predicted molar refractivity (Wildman–Crippen MR) is 78.9 cm³/mol. The number of rotatable bonds is 4. The molecule has 0 unspecified atom stereocenters. The lowest BCUT2D eigenvalue weighted by atomic mass is 10.1. The van der Waals surface area contributed by atoms with Crippen molar-refractivity contribution in [2.45, 2.75) is 19.9 Å². The van der Waals surface area contributed by atoms with Crippen molar-refractivity contribution >= 4 is 16.9 Å². The monoisotopic (exact) mass is 275 g/mol. The fraction of sp³-hybridized carbons (Fsp3) is 0.467. The minimum Gasteiger partial charge on any atom is -0.383 e. The lowest BCUT2D eigenvalue weighted by molar-refractivity contribution is 0.0633. The van der Waals surface area contributed by atoms with Gasteiger partial charge in [0.25, 0.3) is 5.91 Å². The van der Waals surface area contributed by atoms with Crippen LogP contribution in [0.25, 0.3) is 11.0 Å². The van der Waals surface area contributed by atoms with Gasteiger partial charge < -0.3 is 14.2 Å². The largest absolute Gasteiger partial charge is 0.383 e. The Balaban J connectivity index is 2.31. The summed E-state index contributed by atoms with van der Waals surface area (Å²) in [5.74, 6) is 0.922. The summed E-state index contributed by atoms with van der Waals surface area (Å²) in [6, 6.07) is 5.67. The molecule has 2 rings (SSSR count). The average Bonchev–Trinajstić information content (AvgIpc) is 2.72. The molecule has 20 heavy (non-hydrogen) atoms. The molecule has 0 radical (unpaired) electrons. The first kappa shape index (κ1) is 14.5. The number of hydrogen-bond donors (Lipinski definition) is 0. The van der Waals surface area contributed by atoms with Crippen molar-refractivity contribution in [3.63, 3.8) is 0 Å². The zero-order valence-corrected chi connectivity index (χ0v) is 12.7. The molecule has 1 heterocycles.